The zero-order chi connectivity index (χ0) is 23.3. The molecule has 166 valence electrons. The number of methoxy groups -OCH3 is 1. The highest BCUT2D eigenvalue weighted by Gasteiger charge is 2.18. The van der Waals surface area contributed by atoms with Gasteiger partial charge in [-0.1, -0.05) is 18.2 Å². The number of benzene rings is 3. The Labute approximate surface area is 185 Å². The van der Waals surface area contributed by atoms with Crippen molar-refractivity contribution in [3.8, 4) is 5.75 Å². The second kappa shape index (κ2) is 9.48. The first-order valence-electron chi connectivity index (χ1n) is 9.48. The first-order valence-corrected chi connectivity index (χ1v) is 11.0. The molecule has 0 atom stereocenters. The van der Waals surface area contributed by atoms with E-state index in [9.17, 15) is 23.3 Å². The number of hydrogen-bond acceptors (Lipinski definition) is 6. The summed E-state index contributed by atoms with van der Waals surface area (Å²) in [6, 6.07) is 16.7. The van der Waals surface area contributed by atoms with Crippen LogP contribution >= 0.6 is 0 Å². The van der Waals surface area contributed by atoms with Gasteiger partial charge in [0.05, 0.1) is 23.3 Å². The smallest absolute Gasteiger partial charge is 0.269 e. The molecule has 0 spiro atoms. The van der Waals surface area contributed by atoms with Crippen LogP contribution in [0.5, 0.6) is 5.75 Å². The van der Waals surface area contributed by atoms with Crippen molar-refractivity contribution in [1.29, 1.82) is 0 Å². The molecule has 1 amide bonds. The fourth-order valence-electron chi connectivity index (χ4n) is 2.96. The predicted molar refractivity (Wildman–Crippen MR) is 120 cm³/mol. The summed E-state index contributed by atoms with van der Waals surface area (Å²) >= 11 is 0. The third-order valence-electron chi connectivity index (χ3n) is 4.62. The second-order valence-corrected chi connectivity index (χ2v) is 8.61. The predicted octanol–water partition coefficient (Wildman–Crippen LogP) is 3.89. The van der Waals surface area contributed by atoms with E-state index in [0.717, 1.165) is 0 Å². The summed E-state index contributed by atoms with van der Waals surface area (Å²) in [5, 5.41) is 13.4. The lowest BCUT2D eigenvalue weighted by Crippen LogP contribution is -2.17. The molecule has 0 saturated heterocycles. The number of nitrogens with zero attached hydrogens (tertiary/aromatic N) is 1. The van der Waals surface area contributed by atoms with Crippen LogP contribution in [0, 0.1) is 17.0 Å². The first kappa shape index (κ1) is 22.8. The van der Waals surface area contributed by atoms with Crippen LogP contribution in [-0.2, 0) is 21.2 Å². The number of rotatable bonds is 8. The maximum Gasteiger partial charge on any atom is 0.269 e. The van der Waals surface area contributed by atoms with Gasteiger partial charge in [0.15, 0.2) is 0 Å². The molecular formula is C22H21N3O6S. The molecule has 0 heterocycles. The molecule has 0 radical (unpaired) electrons. The molecule has 0 fully saturated rings. The molecule has 3 aromatic carbocycles. The van der Waals surface area contributed by atoms with Gasteiger partial charge in [0.2, 0.25) is 5.91 Å². The van der Waals surface area contributed by atoms with Crippen LogP contribution in [0.25, 0.3) is 0 Å². The Kier molecular flexibility index (Phi) is 6.74. The van der Waals surface area contributed by atoms with Gasteiger partial charge in [-0.15, -0.1) is 0 Å². The van der Waals surface area contributed by atoms with E-state index in [2.05, 4.69) is 10.0 Å². The van der Waals surface area contributed by atoms with Gasteiger partial charge in [-0.3, -0.25) is 19.6 Å². The minimum absolute atomic E-state index is 0.0158. The summed E-state index contributed by atoms with van der Waals surface area (Å²) in [5.74, 6) is 0.219. The Hall–Kier alpha value is -3.92. The number of anilines is 2. The van der Waals surface area contributed by atoms with Crippen LogP contribution in [0.15, 0.2) is 71.6 Å². The first-order chi connectivity index (χ1) is 15.2. The Morgan fingerprint density at radius 1 is 1.00 bits per heavy atom. The second-order valence-electron chi connectivity index (χ2n) is 6.96. The quantitative estimate of drug-likeness (QED) is 0.392. The van der Waals surface area contributed by atoms with Crippen LogP contribution in [-0.4, -0.2) is 26.4 Å². The van der Waals surface area contributed by atoms with Gasteiger partial charge in [-0.05, 0) is 54.4 Å². The van der Waals surface area contributed by atoms with Crippen LogP contribution < -0.4 is 14.8 Å². The molecule has 0 saturated carbocycles. The van der Waals surface area contributed by atoms with Crippen LogP contribution in [0.3, 0.4) is 0 Å². The third kappa shape index (κ3) is 5.61. The van der Waals surface area contributed by atoms with E-state index in [0.29, 0.717) is 28.3 Å². The van der Waals surface area contributed by atoms with E-state index in [1.807, 2.05) is 0 Å². The molecule has 0 aliphatic carbocycles. The topological polar surface area (TPSA) is 128 Å². The van der Waals surface area contributed by atoms with Crippen LogP contribution in [0.2, 0.25) is 0 Å². The van der Waals surface area contributed by atoms with Gasteiger partial charge in [0.1, 0.15) is 5.75 Å². The summed E-state index contributed by atoms with van der Waals surface area (Å²) in [7, 11) is -2.38. The van der Waals surface area contributed by atoms with Gasteiger partial charge in [0, 0.05) is 23.5 Å². The molecular weight excluding hydrogens is 434 g/mol. The fraction of sp³-hybridized carbons (Fsp3) is 0.136. The number of sulfonamides is 1. The molecule has 2 N–H and O–H groups in total. The standard InChI is InChI=1S/C22H21N3O6S/c1-15-3-6-18(23-22(26)13-16-4-9-19(10-5-16)25(27)28)14-21(15)32(29,30)24-17-7-11-20(31-2)12-8-17/h3-12,14,24H,13H2,1-2H3,(H,23,26). The Balaban J connectivity index is 1.73. The molecule has 3 rings (SSSR count). The molecule has 32 heavy (non-hydrogen) atoms. The van der Waals surface area contributed by atoms with Crippen molar-refractivity contribution in [2.24, 2.45) is 0 Å². The molecule has 9 nitrogen and oxygen atoms in total. The largest absolute Gasteiger partial charge is 0.497 e. The molecule has 0 aliphatic rings. The average molecular weight is 455 g/mol. The number of nitrogens with one attached hydrogen (secondary N) is 2. The summed E-state index contributed by atoms with van der Waals surface area (Å²) in [6.07, 6.45) is -0.0158. The number of amides is 1. The van der Waals surface area contributed by atoms with Gasteiger partial charge in [0.25, 0.3) is 15.7 Å². The number of carbonyl (C=O) groups is 1. The zero-order valence-electron chi connectivity index (χ0n) is 17.4. The van der Waals surface area contributed by atoms with E-state index >= 15 is 0 Å². The summed E-state index contributed by atoms with van der Waals surface area (Å²) in [6.45, 7) is 1.66. The summed E-state index contributed by atoms with van der Waals surface area (Å²) in [5.41, 5.74) is 1.73. The number of hydrogen-bond donors (Lipinski definition) is 2. The number of ether oxygens (including phenoxy) is 1. The average Bonchev–Trinajstić information content (AvgIpc) is 2.75. The van der Waals surface area contributed by atoms with Crippen molar-refractivity contribution >= 4 is 33.0 Å². The minimum atomic E-state index is -3.90. The molecule has 0 aromatic heterocycles. The van der Waals surface area contributed by atoms with Gasteiger partial charge < -0.3 is 10.1 Å². The van der Waals surface area contributed by atoms with Crippen molar-refractivity contribution in [3.63, 3.8) is 0 Å². The van der Waals surface area contributed by atoms with Crippen molar-refractivity contribution in [1.82, 2.24) is 0 Å². The summed E-state index contributed by atoms with van der Waals surface area (Å²) in [4.78, 5) is 22.6. The highest BCUT2D eigenvalue weighted by atomic mass is 32.2. The lowest BCUT2D eigenvalue weighted by Gasteiger charge is -2.13. The van der Waals surface area contributed by atoms with E-state index in [1.165, 1.54) is 37.4 Å². The number of nitro benzene ring substituents is 1. The lowest BCUT2D eigenvalue weighted by atomic mass is 10.1. The Morgan fingerprint density at radius 2 is 1.62 bits per heavy atom. The minimum Gasteiger partial charge on any atom is -0.497 e. The highest BCUT2D eigenvalue weighted by Crippen LogP contribution is 2.24. The molecule has 3 aromatic rings. The fourth-order valence-corrected chi connectivity index (χ4v) is 4.29. The van der Waals surface area contributed by atoms with Gasteiger partial charge in [-0.25, -0.2) is 8.42 Å². The van der Waals surface area contributed by atoms with Crippen molar-refractivity contribution in [3.05, 3.63) is 88.0 Å². The number of non-ortho nitro benzene ring substituents is 1. The number of nitro groups is 1. The van der Waals surface area contributed by atoms with Crippen molar-refractivity contribution in [2.75, 3.05) is 17.1 Å². The molecule has 0 bridgehead atoms. The van der Waals surface area contributed by atoms with Gasteiger partial charge >= 0.3 is 0 Å². The Morgan fingerprint density at radius 3 is 2.22 bits per heavy atom. The number of aryl methyl sites for hydroxylation is 1. The molecule has 0 aliphatic heterocycles. The maximum absolute atomic E-state index is 12.9. The zero-order valence-corrected chi connectivity index (χ0v) is 18.2. The lowest BCUT2D eigenvalue weighted by molar-refractivity contribution is -0.384. The molecule has 10 heteroatoms. The van der Waals surface area contributed by atoms with Gasteiger partial charge in [-0.2, -0.15) is 0 Å². The molecule has 0 unspecified atom stereocenters. The number of carbonyl (C=O) groups excluding carboxylic acids is 1. The third-order valence-corrected chi connectivity index (χ3v) is 6.14. The Bertz CT molecular complexity index is 1240. The van der Waals surface area contributed by atoms with E-state index < -0.39 is 14.9 Å². The van der Waals surface area contributed by atoms with Crippen LogP contribution in [0.4, 0.5) is 17.1 Å². The van der Waals surface area contributed by atoms with E-state index in [-0.39, 0.29) is 22.9 Å². The monoisotopic (exact) mass is 455 g/mol. The van der Waals surface area contributed by atoms with E-state index in [1.54, 1.807) is 43.3 Å². The highest BCUT2D eigenvalue weighted by molar-refractivity contribution is 7.92. The van der Waals surface area contributed by atoms with E-state index in [4.69, 9.17) is 4.74 Å². The van der Waals surface area contributed by atoms with Crippen LogP contribution in [0.1, 0.15) is 11.1 Å². The van der Waals surface area contributed by atoms with Crippen molar-refractivity contribution < 1.29 is 22.9 Å². The van der Waals surface area contributed by atoms with Crippen molar-refractivity contribution in [2.45, 2.75) is 18.2 Å². The normalized spacial score (nSPS) is 10.9. The maximum atomic E-state index is 12.9. The SMILES string of the molecule is COc1ccc(NS(=O)(=O)c2cc(NC(=O)Cc3ccc([N+](=O)[O-])cc3)ccc2C)cc1. The summed E-state index contributed by atoms with van der Waals surface area (Å²) < 4.78 is 33.3.